The summed E-state index contributed by atoms with van der Waals surface area (Å²) in [6.45, 7) is 7.71. The van der Waals surface area contributed by atoms with Gasteiger partial charge in [-0.25, -0.2) is 9.61 Å². The Kier molecular flexibility index (Phi) is 4.99. The topological polar surface area (TPSA) is 91.2 Å². The highest BCUT2D eigenvalue weighted by Gasteiger charge is 2.46. The molecule has 0 aliphatic carbocycles. The van der Waals surface area contributed by atoms with Gasteiger partial charge in [0.1, 0.15) is 11.4 Å². The van der Waals surface area contributed by atoms with Crippen molar-refractivity contribution in [3.8, 4) is 0 Å². The maximum Gasteiger partial charge on any atom is 0.228 e. The molecule has 4 heterocycles. The molecule has 1 fully saturated rings. The van der Waals surface area contributed by atoms with E-state index in [9.17, 15) is 4.79 Å². The molecule has 0 unspecified atom stereocenters. The number of nitrogens with one attached hydrogen (secondary N) is 1. The minimum Gasteiger partial charge on any atom is -0.348 e. The lowest BCUT2D eigenvalue weighted by atomic mass is 9.78. The summed E-state index contributed by atoms with van der Waals surface area (Å²) in [7, 11) is 0. The number of carbonyl (C=O) groups is 1. The van der Waals surface area contributed by atoms with Crippen LogP contribution < -0.4 is 0 Å². The zero-order valence-corrected chi connectivity index (χ0v) is 16.2. The molecule has 1 N–H and O–H groups in total. The normalized spacial score (nSPS) is 19.4. The standard InChI is InChI=1S/C19H28N6O2/c1-3-4-8-25-9-5-15-18(21-13-20-15)19(25)6-10-24(11-7-19)17(26)12-16-14(2)22-27-23-16/h13H,3-12H2,1-2H3,(H,20,21). The lowest BCUT2D eigenvalue weighted by molar-refractivity contribution is -0.133. The van der Waals surface area contributed by atoms with E-state index in [1.807, 2.05) is 18.2 Å². The molecular formula is C19H28N6O2. The van der Waals surface area contributed by atoms with Gasteiger partial charge in [-0.05, 0) is 32.7 Å². The molecule has 0 radical (unpaired) electrons. The maximum absolute atomic E-state index is 12.7. The maximum atomic E-state index is 12.7. The molecule has 146 valence electrons. The van der Waals surface area contributed by atoms with Gasteiger partial charge in [0.15, 0.2) is 0 Å². The van der Waals surface area contributed by atoms with Crippen LogP contribution in [0, 0.1) is 6.92 Å². The van der Waals surface area contributed by atoms with E-state index >= 15 is 0 Å². The first-order chi connectivity index (χ1) is 13.1. The van der Waals surface area contributed by atoms with Crippen LogP contribution in [0.25, 0.3) is 0 Å². The zero-order valence-electron chi connectivity index (χ0n) is 16.2. The van der Waals surface area contributed by atoms with Gasteiger partial charge in [0.05, 0.1) is 24.0 Å². The molecule has 8 heteroatoms. The minimum absolute atomic E-state index is 0.0368. The van der Waals surface area contributed by atoms with Crippen molar-refractivity contribution in [2.24, 2.45) is 0 Å². The second-order valence-electron chi connectivity index (χ2n) is 7.71. The van der Waals surface area contributed by atoms with Crippen LogP contribution in [0.4, 0.5) is 0 Å². The van der Waals surface area contributed by atoms with E-state index < -0.39 is 0 Å². The summed E-state index contributed by atoms with van der Waals surface area (Å²) < 4.78 is 4.72. The number of rotatable bonds is 5. The Morgan fingerprint density at radius 2 is 2.11 bits per heavy atom. The van der Waals surface area contributed by atoms with Crippen LogP contribution in [0.2, 0.25) is 0 Å². The molecule has 0 aromatic carbocycles. The molecule has 1 amide bonds. The molecule has 1 saturated heterocycles. The highest BCUT2D eigenvalue weighted by molar-refractivity contribution is 5.78. The third-order valence-corrected chi connectivity index (χ3v) is 6.19. The largest absolute Gasteiger partial charge is 0.348 e. The number of carbonyl (C=O) groups excluding carboxylic acids is 1. The van der Waals surface area contributed by atoms with E-state index in [0.717, 1.165) is 45.4 Å². The molecule has 2 aliphatic rings. The number of unbranched alkanes of at least 4 members (excludes halogenated alkanes) is 1. The van der Waals surface area contributed by atoms with Crippen molar-refractivity contribution < 1.29 is 9.42 Å². The quantitative estimate of drug-likeness (QED) is 0.861. The third kappa shape index (κ3) is 3.26. The lowest BCUT2D eigenvalue weighted by Gasteiger charge is -2.50. The second kappa shape index (κ2) is 7.42. The van der Waals surface area contributed by atoms with E-state index in [4.69, 9.17) is 9.61 Å². The van der Waals surface area contributed by atoms with Gasteiger partial charge >= 0.3 is 0 Å². The number of aromatic amines is 1. The molecular weight excluding hydrogens is 344 g/mol. The fraction of sp³-hybridized carbons (Fsp3) is 0.684. The molecule has 8 nitrogen and oxygen atoms in total. The summed E-state index contributed by atoms with van der Waals surface area (Å²) in [5, 5.41) is 7.61. The first kappa shape index (κ1) is 18.2. The smallest absolute Gasteiger partial charge is 0.228 e. The van der Waals surface area contributed by atoms with Crippen molar-refractivity contribution in [2.75, 3.05) is 26.2 Å². The molecule has 0 bridgehead atoms. The van der Waals surface area contributed by atoms with E-state index in [0.29, 0.717) is 11.4 Å². The van der Waals surface area contributed by atoms with Crippen LogP contribution in [-0.2, 0) is 23.2 Å². The monoisotopic (exact) mass is 372 g/mol. The molecule has 0 atom stereocenters. The first-order valence-corrected chi connectivity index (χ1v) is 9.97. The molecule has 2 aromatic rings. The van der Waals surface area contributed by atoms with E-state index in [-0.39, 0.29) is 17.9 Å². The molecule has 1 spiro atoms. The van der Waals surface area contributed by atoms with Crippen molar-refractivity contribution in [3.63, 3.8) is 0 Å². The van der Waals surface area contributed by atoms with Crippen LogP contribution in [0.1, 0.15) is 55.4 Å². The van der Waals surface area contributed by atoms with Gasteiger partial charge < -0.3 is 9.88 Å². The Hall–Kier alpha value is -2.22. The molecule has 2 aromatic heterocycles. The number of piperidine rings is 1. The summed E-state index contributed by atoms with van der Waals surface area (Å²) >= 11 is 0. The molecule has 4 rings (SSSR count). The highest BCUT2D eigenvalue weighted by Crippen LogP contribution is 2.42. The van der Waals surface area contributed by atoms with Crippen LogP contribution >= 0.6 is 0 Å². The number of likely N-dealkylation sites (tertiary alicyclic amines) is 1. The van der Waals surface area contributed by atoms with Crippen molar-refractivity contribution in [1.29, 1.82) is 0 Å². The Bertz CT molecular complexity index is 790. The van der Waals surface area contributed by atoms with Gasteiger partial charge in [0.25, 0.3) is 0 Å². The summed E-state index contributed by atoms with van der Waals surface area (Å²) in [5.41, 5.74) is 3.76. The van der Waals surface area contributed by atoms with E-state index in [2.05, 4.69) is 27.1 Å². The number of aryl methyl sites for hydroxylation is 1. The van der Waals surface area contributed by atoms with Crippen molar-refractivity contribution in [1.82, 2.24) is 30.1 Å². The fourth-order valence-electron chi connectivity index (χ4n) is 4.54. The van der Waals surface area contributed by atoms with Crippen molar-refractivity contribution >= 4 is 5.91 Å². The van der Waals surface area contributed by atoms with E-state index in [1.165, 1.54) is 24.2 Å². The predicted molar refractivity (Wildman–Crippen MR) is 99.0 cm³/mol. The van der Waals surface area contributed by atoms with Gasteiger partial charge in [-0.2, -0.15) is 0 Å². The summed E-state index contributed by atoms with van der Waals surface area (Å²) in [6.07, 6.45) is 7.36. The number of fused-ring (bicyclic) bond motifs is 2. The predicted octanol–water partition coefficient (Wildman–Crippen LogP) is 1.82. The summed E-state index contributed by atoms with van der Waals surface area (Å²) in [5.74, 6) is 0.0989. The number of nitrogens with zero attached hydrogens (tertiary/aromatic N) is 5. The SMILES string of the molecule is CCCCN1CCc2[nH]cnc2C12CCN(C(=O)Cc1nonc1C)CC2. The number of amides is 1. The molecule has 2 aliphatic heterocycles. The molecule has 0 saturated carbocycles. The zero-order chi connectivity index (χ0) is 18.9. The van der Waals surface area contributed by atoms with Gasteiger partial charge in [-0.3, -0.25) is 9.69 Å². The number of aromatic nitrogens is 4. The Labute approximate surface area is 159 Å². The Balaban J connectivity index is 1.48. The third-order valence-electron chi connectivity index (χ3n) is 6.19. The minimum atomic E-state index is -0.0368. The Morgan fingerprint density at radius 1 is 1.30 bits per heavy atom. The van der Waals surface area contributed by atoms with Gasteiger partial charge in [-0.15, -0.1) is 0 Å². The van der Waals surface area contributed by atoms with Crippen LogP contribution in [0.3, 0.4) is 0 Å². The fourth-order valence-corrected chi connectivity index (χ4v) is 4.54. The summed E-state index contributed by atoms with van der Waals surface area (Å²) in [6, 6.07) is 0. The second-order valence-corrected chi connectivity index (χ2v) is 7.71. The lowest BCUT2D eigenvalue weighted by Crippen LogP contribution is -2.57. The Morgan fingerprint density at radius 3 is 2.81 bits per heavy atom. The average molecular weight is 372 g/mol. The van der Waals surface area contributed by atoms with Crippen LogP contribution in [-0.4, -0.2) is 62.2 Å². The van der Waals surface area contributed by atoms with Crippen LogP contribution in [0.15, 0.2) is 11.0 Å². The number of hydrogen-bond acceptors (Lipinski definition) is 6. The van der Waals surface area contributed by atoms with Gasteiger partial charge in [0, 0.05) is 31.7 Å². The van der Waals surface area contributed by atoms with Crippen molar-refractivity contribution in [3.05, 3.63) is 29.1 Å². The highest BCUT2D eigenvalue weighted by atomic mass is 16.6. The van der Waals surface area contributed by atoms with E-state index in [1.54, 1.807) is 0 Å². The first-order valence-electron chi connectivity index (χ1n) is 9.97. The number of hydrogen-bond donors (Lipinski definition) is 1. The molecule has 27 heavy (non-hydrogen) atoms. The number of H-pyrrole nitrogens is 1. The van der Waals surface area contributed by atoms with Crippen LogP contribution in [0.5, 0.6) is 0 Å². The van der Waals surface area contributed by atoms with Crippen molar-refractivity contribution in [2.45, 2.75) is 57.9 Å². The van der Waals surface area contributed by atoms with Gasteiger partial charge in [-0.1, -0.05) is 23.7 Å². The summed E-state index contributed by atoms with van der Waals surface area (Å²) in [4.78, 5) is 25.3. The number of imidazole rings is 1. The average Bonchev–Trinajstić information content (AvgIpc) is 3.32. The van der Waals surface area contributed by atoms with Gasteiger partial charge in [0.2, 0.25) is 5.91 Å².